The van der Waals surface area contributed by atoms with Gasteiger partial charge in [-0.15, -0.1) is 0 Å². The lowest BCUT2D eigenvalue weighted by Gasteiger charge is -2.09. The van der Waals surface area contributed by atoms with Gasteiger partial charge in [-0.2, -0.15) is 5.10 Å². The molecule has 0 bridgehead atoms. The van der Waals surface area contributed by atoms with Crippen LogP contribution in [0.3, 0.4) is 0 Å². The Kier molecular flexibility index (Phi) is 7.69. The summed E-state index contributed by atoms with van der Waals surface area (Å²) in [6, 6.07) is 14.7. The van der Waals surface area contributed by atoms with Crippen LogP contribution in [-0.4, -0.2) is 27.4 Å². The van der Waals surface area contributed by atoms with Gasteiger partial charge in [-0.25, -0.2) is 5.43 Å². The second-order valence-corrected chi connectivity index (χ2v) is 7.70. The molecule has 0 aromatic heterocycles. The molecule has 3 rings (SSSR count). The highest BCUT2D eigenvalue weighted by molar-refractivity contribution is 6.39. The summed E-state index contributed by atoms with van der Waals surface area (Å²) in [5, 5.41) is 28.6. The monoisotopic (exact) mass is 491 g/mol. The third-order valence-corrected chi connectivity index (χ3v) is 5.02. The van der Waals surface area contributed by atoms with Gasteiger partial charge in [-0.05, 0) is 73.9 Å². The van der Waals surface area contributed by atoms with Crippen molar-refractivity contribution in [2.45, 2.75) is 20.8 Å². The largest absolute Gasteiger partial charge is 0.450 e. The number of carbonyl (C=O) groups is 2. The molecular formula is C24H21N5O7. The Morgan fingerprint density at radius 2 is 1.58 bits per heavy atom. The Labute approximate surface area is 204 Å². The van der Waals surface area contributed by atoms with E-state index in [-0.39, 0.29) is 11.5 Å². The van der Waals surface area contributed by atoms with Crippen LogP contribution in [0.2, 0.25) is 0 Å². The number of aryl methyl sites for hydroxylation is 2. The maximum absolute atomic E-state index is 12.2. The van der Waals surface area contributed by atoms with E-state index >= 15 is 0 Å². The zero-order valence-corrected chi connectivity index (χ0v) is 19.5. The lowest BCUT2D eigenvalue weighted by atomic mass is 10.1. The minimum Gasteiger partial charge on any atom is -0.450 e. The second-order valence-electron chi connectivity index (χ2n) is 7.70. The third-order valence-electron chi connectivity index (χ3n) is 5.02. The first-order chi connectivity index (χ1) is 17.0. The molecule has 12 nitrogen and oxygen atoms in total. The lowest BCUT2D eigenvalue weighted by molar-refractivity contribution is -0.394. The molecule has 0 spiro atoms. The van der Waals surface area contributed by atoms with E-state index in [0.29, 0.717) is 17.0 Å². The van der Waals surface area contributed by atoms with Gasteiger partial charge in [0, 0.05) is 11.8 Å². The number of hydrazone groups is 1. The van der Waals surface area contributed by atoms with Gasteiger partial charge in [0.2, 0.25) is 5.75 Å². The van der Waals surface area contributed by atoms with Gasteiger partial charge in [0.15, 0.2) is 0 Å². The normalized spacial score (nSPS) is 10.9. The summed E-state index contributed by atoms with van der Waals surface area (Å²) in [5.41, 5.74) is 4.45. The van der Waals surface area contributed by atoms with Crippen molar-refractivity contribution in [3.8, 4) is 11.5 Å². The van der Waals surface area contributed by atoms with Gasteiger partial charge in [0.25, 0.3) is 5.69 Å². The van der Waals surface area contributed by atoms with Crippen molar-refractivity contribution in [2.24, 2.45) is 5.10 Å². The molecule has 0 unspecified atom stereocenters. The van der Waals surface area contributed by atoms with E-state index in [0.717, 1.165) is 29.3 Å². The quantitative estimate of drug-likeness (QED) is 0.214. The topological polar surface area (TPSA) is 166 Å². The summed E-state index contributed by atoms with van der Waals surface area (Å²) < 4.78 is 5.52. The number of carbonyl (C=O) groups excluding carboxylic acids is 2. The minimum absolute atomic E-state index is 0.161. The van der Waals surface area contributed by atoms with E-state index in [2.05, 4.69) is 15.8 Å². The van der Waals surface area contributed by atoms with Crippen molar-refractivity contribution in [2.75, 3.05) is 5.32 Å². The lowest BCUT2D eigenvalue weighted by Crippen LogP contribution is -2.33. The van der Waals surface area contributed by atoms with E-state index in [1.807, 2.05) is 26.0 Å². The molecule has 36 heavy (non-hydrogen) atoms. The molecule has 0 aliphatic rings. The van der Waals surface area contributed by atoms with Crippen LogP contribution in [0.4, 0.5) is 17.1 Å². The fourth-order valence-corrected chi connectivity index (χ4v) is 3.04. The van der Waals surface area contributed by atoms with Gasteiger partial charge < -0.3 is 10.1 Å². The number of nitrogens with zero attached hydrogens (tertiary/aromatic N) is 3. The number of non-ortho nitro benzene ring substituents is 1. The SMILES string of the molecule is CC(=NNC(=O)C(=O)Nc1cc(C)ccc1C)c1ccc(Oc2ccc([N+](=O)[O-])cc2[N+](=O)[O-])cc1. The van der Waals surface area contributed by atoms with Gasteiger partial charge >= 0.3 is 17.5 Å². The first-order valence-corrected chi connectivity index (χ1v) is 10.5. The van der Waals surface area contributed by atoms with E-state index in [1.165, 1.54) is 12.1 Å². The summed E-state index contributed by atoms with van der Waals surface area (Å²) in [5.74, 6) is -1.74. The van der Waals surface area contributed by atoms with Crippen LogP contribution in [0.5, 0.6) is 11.5 Å². The summed E-state index contributed by atoms with van der Waals surface area (Å²) >= 11 is 0. The molecular weight excluding hydrogens is 470 g/mol. The molecule has 2 N–H and O–H groups in total. The van der Waals surface area contributed by atoms with Gasteiger partial charge in [-0.1, -0.05) is 12.1 Å². The smallest absolute Gasteiger partial charge is 0.329 e. The third kappa shape index (κ3) is 6.26. The van der Waals surface area contributed by atoms with Gasteiger partial charge in [0.1, 0.15) is 5.75 Å². The van der Waals surface area contributed by atoms with Gasteiger partial charge in [-0.3, -0.25) is 29.8 Å². The first-order valence-electron chi connectivity index (χ1n) is 10.5. The highest BCUT2D eigenvalue weighted by Gasteiger charge is 2.21. The molecule has 184 valence electrons. The summed E-state index contributed by atoms with van der Waals surface area (Å²) in [6.45, 7) is 5.29. The number of amides is 2. The van der Waals surface area contributed by atoms with Crippen LogP contribution in [0.25, 0.3) is 0 Å². The van der Waals surface area contributed by atoms with E-state index < -0.39 is 33.0 Å². The predicted octanol–water partition coefficient (Wildman–Crippen LogP) is 4.39. The van der Waals surface area contributed by atoms with Crippen LogP contribution < -0.4 is 15.5 Å². The minimum atomic E-state index is -0.944. The molecule has 3 aromatic carbocycles. The molecule has 0 heterocycles. The van der Waals surface area contributed by atoms with Crippen molar-refractivity contribution in [1.82, 2.24) is 5.43 Å². The number of ether oxygens (including phenoxy) is 1. The molecule has 2 amide bonds. The molecule has 12 heteroatoms. The number of nitro benzene ring substituents is 2. The van der Waals surface area contributed by atoms with Crippen LogP contribution in [0.1, 0.15) is 23.6 Å². The van der Waals surface area contributed by atoms with E-state index in [9.17, 15) is 29.8 Å². The summed E-state index contributed by atoms with van der Waals surface area (Å²) in [4.78, 5) is 45.0. The van der Waals surface area contributed by atoms with Crippen molar-refractivity contribution in [1.29, 1.82) is 0 Å². The number of nitro groups is 2. The number of hydrogen-bond donors (Lipinski definition) is 2. The molecule has 0 radical (unpaired) electrons. The molecule has 3 aromatic rings. The van der Waals surface area contributed by atoms with Crippen molar-refractivity contribution >= 4 is 34.6 Å². The average molecular weight is 491 g/mol. The van der Waals surface area contributed by atoms with Crippen molar-refractivity contribution < 1.29 is 24.2 Å². The zero-order chi connectivity index (χ0) is 26.4. The Bertz CT molecular complexity index is 1380. The maximum Gasteiger partial charge on any atom is 0.329 e. The van der Waals surface area contributed by atoms with Crippen LogP contribution >= 0.6 is 0 Å². The number of anilines is 1. The molecule has 0 aliphatic heterocycles. The Morgan fingerprint density at radius 3 is 2.22 bits per heavy atom. The van der Waals surface area contributed by atoms with Crippen LogP contribution in [0.15, 0.2) is 65.8 Å². The Balaban J connectivity index is 1.66. The summed E-state index contributed by atoms with van der Waals surface area (Å²) in [6.07, 6.45) is 0. The molecule has 0 saturated heterocycles. The highest BCUT2D eigenvalue weighted by atomic mass is 16.6. The Hall–Kier alpha value is -5.13. The number of nitrogens with one attached hydrogen (secondary N) is 2. The van der Waals surface area contributed by atoms with Crippen LogP contribution in [-0.2, 0) is 9.59 Å². The number of benzene rings is 3. The fourth-order valence-electron chi connectivity index (χ4n) is 3.04. The number of hydrogen-bond acceptors (Lipinski definition) is 8. The fraction of sp³-hybridized carbons (Fsp3) is 0.125. The zero-order valence-electron chi connectivity index (χ0n) is 19.5. The van der Waals surface area contributed by atoms with Crippen molar-refractivity contribution in [3.05, 3.63) is 97.6 Å². The van der Waals surface area contributed by atoms with E-state index in [1.54, 1.807) is 25.1 Å². The highest BCUT2D eigenvalue weighted by Crippen LogP contribution is 2.34. The Morgan fingerprint density at radius 1 is 0.889 bits per heavy atom. The molecule has 0 saturated carbocycles. The predicted molar refractivity (Wildman–Crippen MR) is 131 cm³/mol. The maximum atomic E-state index is 12.2. The first kappa shape index (κ1) is 25.5. The van der Waals surface area contributed by atoms with Crippen molar-refractivity contribution in [3.63, 3.8) is 0 Å². The molecule has 0 aliphatic carbocycles. The number of rotatable bonds is 7. The summed E-state index contributed by atoms with van der Waals surface area (Å²) in [7, 11) is 0. The average Bonchev–Trinajstić information content (AvgIpc) is 2.84. The standard InChI is InChI=1S/C24H21N5O7/c1-14-4-5-15(2)20(12-14)25-23(30)24(31)27-26-16(3)17-6-9-19(10-7-17)36-22-11-8-18(28(32)33)13-21(22)29(34)35/h4-13H,1-3H3,(H,25,30)(H,27,31). The molecule has 0 atom stereocenters. The molecule has 0 fully saturated rings. The second kappa shape index (κ2) is 10.9. The van der Waals surface area contributed by atoms with Crippen LogP contribution in [0, 0.1) is 34.1 Å². The van der Waals surface area contributed by atoms with Gasteiger partial charge in [0.05, 0.1) is 21.6 Å². The van der Waals surface area contributed by atoms with E-state index in [4.69, 9.17) is 4.74 Å².